The molecule has 0 aliphatic heterocycles. The van der Waals surface area contributed by atoms with Crippen LogP contribution in [0, 0.1) is 6.92 Å². The van der Waals surface area contributed by atoms with Crippen molar-refractivity contribution in [1.29, 1.82) is 0 Å². The number of anilines is 1. The van der Waals surface area contributed by atoms with Crippen molar-refractivity contribution in [1.82, 2.24) is 35.6 Å². The van der Waals surface area contributed by atoms with Crippen LogP contribution in [0.5, 0.6) is 0 Å². The molecular weight excluding hydrogens is 349 g/mol. The molecule has 26 heavy (non-hydrogen) atoms. The van der Waals surface area contributed by atoms with Crippen molar-refractivity contribution in [3.8, 4) is 22.5 Å². The summed E-state index contributed by atoms with van der Waals surface area (Å²) >= 11 is 0. The van der Waals surface area contributed by atoms with E-state index in [4.69, 9.17) is 5.73 Å². The standard InChI is InChI=1S/C15H11F3N8/c1-6-9(15(16,17)18)3-2-7(11(6)13-23-25-26-24-13)8-4-20-5-10-12(8)22-14(19)21-10/h2-5H,1H3,(H3,19,21,22)(H,23,24,25,26). The van der Waals surface area contributed by atoms with Crippen LogP contribution in [-0.2, 0) is 6.18 Å². The van der Waals surface area contributed by atoms with Gasteiger partial charge in [0.15, 0.2) is 11.8 Å². The van der Waals surface area contributed by atoms with Crippen LogP contribution in [0.15, 0.2) is 24.5 Å². The molecule has 0 bridgehead atoms. The first-order chi connectivity index (χ1) is 12.4. The molecular formula is C15H11F3N8. The zero-order valence-electron chi connectivity index (χ0n) is 13.3. The van der Waals surface area contributed by atoms with E-state index >= 15 is 0 Å². The van der Waals surface area contributed by atoms with Crippen LogP contribution in [0.3, 0.4) is 0 Å². The first-order valence-electron chi connectivity index (χ1n) is 7.40. The Kier molecular flexibility index (Phi) is 3.39. The maximum Gasteiger partial charge on any atom is 0.416 e. The van der Waals surface area contributed by atoms with Crippen LogP contribution in [0.4, 0.5) is 19.1 Å². The number of halogens is 3. The van der Waals surface area contributed by atoms with E-state index in [1.807, 2.05) is 0 Å². The summed E-state index contributed by atoms with van der Waals surface area (Å²) in [5.74, 6) is 0.300. The second kappa shape index (κ2) is 5.51. The Balaban J connectivity index is 2.07. The summed E-state index contributed by atoms with van der Waals surface area (Å²) in [5.41, 5.74) is 7.23. The van der Waals surface area contributed by atoms with Gasteiger partial charge in [0, 0.05) is 17.3 Å². The van der Waals surface area contributed by atoms with Crippen LogP contribution in [0.1, 0.15) is 11.1 Å². The van der Waals surface area contributed by atoms with E-state index in [2.05, 4.69) is 35.6 Å². The van der Waals surface area contributed by atoms with Gasteiger partial charge in [0.2, 0.25) is 0 Å². The van der Waals surface area contributed by atoms with Gasteiger partial charge in [0.25, 0.3) is 0 Å². The third-order valence-corrected chi connectivity index (χ3v) is 4.06. The number of nitrogens with one attached hydrogen (secondary N) is 2. The molecule has 0 aliphatic rings. The van der Waals surface area contributed by atoms with Crippen molar-refractivity contribution in [2.45, 2.75) is 13.1 Å². The number of hydrogen-bond acceptors (Lipinski definition) is 6. The fraction of sp³-hybridized carbons (Fsp3) is 0.133. The highest BCUT2D eigenvalue weighted by Gasteiger charge is 2.34. The van der Waals surface area contributed by atoms with Crippen molar-refractivity contribution < 1.29 is 13.2 Å². The van der Waals surface area contributed by atoms with Gasteiger partial charge in [-0.15, -0.1) is 5.10 Å². The van der Waals surface area contributed by atoms with E-state index < -0.39 is 11.7 Å². The lowest BCUT2D eigenvalue weighted by Gasteiger charge is -2.16. The SMILES string of the molecule is Cc1c(C(F)(F)F)ccc(-c2cncc3nc(N)[nH]c23)c1-c1nnn[nH]1. The molecule has 0 aliphatic carbocycles. The largest absolute Gasteiger partial charge is 0.416 e. The molecule has 4 rings (SSSR count). The van der Waals surface area contributed by atoms with Crippen LogP contribution < -0.4 is 5.73 Å². The van der Waals surface area contributed by atoms with Gasteiger partial charge < -0.3 is 10.7 Å². The average molecular weight is 360 g/mol. The Hall–Kier alpha value is -3.50. The molecule has 0 radical (unpaired) electrons. The lowest BCUT2D eigenvalue weighted by Crippen LogP contribution is -2.09. The first kappa shape index (κ1) is 16.0. The number of aromatic amines is 2. The van der Waals surface area contributed by atoms with Crippen molar-refractivity contribution >= 4 is 17.0 Å². The molecule has 0 amide bonds. The predicted octanol–water partition coefficient (Wildman–Crippen LogP) is 2.71. The number of imidazole rings is 1. The van der Waals surface area contributed by atoms with Gasteiger partial charge in [-0.2, -0.15) is 13.2 Å². The van der Waals surface area contributed by atoms with Crippen molar-refractivity contribution in [2.75, 3.05) is 5.73 Å². The van der Waals surface area contributed by atoms with Gasteiger partial charge in [-0.25, -0.2) is 10.1 Å². The number of nitrogen functional groups attached to an aromatic ring is 1. The normalized spacial score (nSPS) is 12.0. The number of nitrogens with zero attached hydrogens (tertiary/aromatic N) is 5. The minimum Gasteiger partial charge on any atom is -0.369 e. The van der Waals surface area contributed by atoms with E-state index in [9.17, 15) is 13.2 Å². The lowest BCUT2D eigenvalue weighted by atomic mass is 9.92. The molecule has 1 aromatic carbocycles. The van der Waals surface area contributed by atoms with Gasteiger partial charge in [0.1, 0.15) is 5.52 Å². The Morgan fingerprint density at radius 3 is 2.62 bits per heavy atom. The fourth-order valence-corrected chi connectivity index (χ4v) is 2.97. The number of hydrogen-bond donors (Lipinski definition) is 3. The number of nitrogens with two attached hydrogens (primary N) is 1. The summed E-state index contributed by atoms with van der Waals surface area (Å²) in [6.07, 6.45) is -1.47. The average Bonchev–Trinajstić information content (AvgIpc) is 3.21. The maximum absolute atomic E-state index is 13.4. The molecule has 4 N–H and O–H groups in total. The van der Waals surface area contributed by atoms with Crippen molar-refractivity contribution in [3.05, 3.63) is 35.7 Å². The van der Waals surface area contributed by atoms with E-state index in [0.29, 0.717) is 22.2 Å². The summed E-state index contributed by atoms with van der Waals surface area (Å²) in [6.45, 7) is 1.37. The number of alkyl halides is 3. The van der Waals surface area contributed by atoms with Crippen molar-refractivity contribution in [3.63, 3.8) is 0 Å². The van der Waals surface area contributed by atoms with E-state index in [0.717, 1.165) is 6.07 Å². The second-order valence-electron chi connectivity index (χ2n) is 5.61. The Bertz CT molecular complexity index is 1100. The fourth-order valence-electron chi connectivity index (χ4n) is 2.97. The molecule has 132 valence electrons. The second-order valence-corrected chi connectivity index (χ2v) is 5.61. The van der Waals surface area contributed by atoms with Gasteiger partial charge in [-0.3, -0.25) is 4.98 Å². The predicted molar refractivity (Wildman–Crippen MR) is 86.6 cm³/mol. The number of pyridine rings is 1. The van der Waals surface area contributed by atoms with E-state index in [1.54, 1.807) is 0 Å². The molecule has 0 unspecified atom stereocenters. The molecule has 4 aromatic rings. The molecule has 0 fully saturated rings. The van der Waals surface area contributed by atoms with Crippen LogP contribution in [-0.4, -0.2) is 35.6 Å². The third-order valence-electron chi connectivity index (χ3n) is 4.06. The van der Waals surface area contributed by atoms with E-state index in [1.165, 1.54) is 25.4 Å². The summed E-state index contributed by atoms with van der Waals surface area (Å²) < 4.78 is 40.1. The first-order valence-corrected chi connectivity index (χ1v) is 7.40. The molecule has 0 spiro atoms. The Labute approximate surface area is 143 Å². The highest BCUT2D eigenvalue weighted by Crippen LogP contribution is 2.41. The summed E-state index contributed by atoms with van der Waals surface area (Å²) in [4.78, 5) is 11.1. The molecule has 8 nitrogen and oxygen atoms in total. The molecule has 3 aromatic heterocycles. The van der Waals surface area contributed by atoms with Crippen LogP contribution in [0.2, 0.25) is 0 Å². The van der Waals surface area contributed by atoms with Gasteiger partial charge in [-0.05, 0) is 34.5 Å². The monoisotopic (exact) mass is 360 g/mol. The number of benzene rings is 1. The minimum atomic E-state index is -4.51. The van der Waals surface area contributed by atoms with Gasteiger partial charge in [0.05, 0.1) is 17.3 Å². The number of rotatable bonds is 2. The number of tetrazole rings is 1. The maximum atomic E-state index is 13.4. The van der Waals surface area contributed by atoms with E-state index in [-0.39, 0.29) is 22.9 Å². The Morgan fingerprint density at radius 2 is 1.92 bits per heavy atom. The summed E-state index contributed by atoms with van der Waals surface area (Å²) in [6, 6.07) is 2.39. The highest BCUT2D eigenvalue weighted by atomic mass is 19.4. The van der Waals surface area contributed by atoms with Gasteiger partial charge >= 0.3 is 6.18 Å². The molecule has 11 heteroatoms. The number of aromatic nitrogens is 7. The lowest BCUT2D eigenvalue weighted by molar-refractivity contribution is -0.138. The minimum absolute atomic E-state index is 0.00181. The topological polar surface area (TPSA) is 122 Å². The third kappa shape index (κ3) is 2.44. The molecule has 3 heterocycles. The van der Waals surface area contributed by atoms with Crippen LogP contribution >= 0.6 is 0 Å². The van der Waals surface area contributed by atoms with Crippen molar-refractivity contribution in [2.24, 2.45) is 0 Å². The molecule has 0 atom stereocenters. The zero-order chi connectivity index (χ0) is 18.5. The smallest absolute Gasteiger partial charge is 0.369 e. The molecule has 0 saturated carbocycles. The molecule has 0 saturated heterocycles. The summed E-state index contributed by atoms with van der Waals surface area (Å²) in [5, 5.41) is 13.3. The van der Waals surface area contributed by atoms with Crippen LogP contribution in [0.25, 0.3) is 33.5 Å². The highest BCUT2D eigenvalue weighted by molar-refractivity contribution is 5.97. The zero-order valence-corrected chi connectivity index (χ0v) is 13.3. The van der Waals surface area contributed by atoms with Gasteiger partial charge in [-0.1, -0.05) is 6.07 Å². The quantitative estimate of drug-likeness (QED) is 0.505. The summed E-state index contributed by atoms with van der Waals surface area (Å²) in [7, 11) is 0. The number of H-pyrrole nitrogens is 2. The number of fused-ring (bicyclic) bond motifs is 1. The Morgan fingerprint density at radius 1 is 1.12 bits per heavy atom.